The second-order valence-corrected chi connectivity index (χ2v) is 6.59. The van der Waals surface area contributed by atoms with E-state index in [-0.39, 0.29) is 11.9 Å². The molecule has 0 bridgehead atoms. The first-order valence-electron chi connectivity index (χ1n) is 9.44. The summed E-state index contributed by atoms with van der Waals surface area (Å²) in [7, 11) is 0. The molecular formula is C20H27N5O. The van der Waals surface area contributed by atoms with E-state index in [1.54, 1.807) is 6.20 Å². The van der Waals surface area contributed by atoms with Gasteiger partial charge in [0.25, 0.3) is 5.91 Å². The van der Waals surface area contributed by atoms with Gasteiger partial charge < -0.3 is 15.5 Å². The van der Waals surface area contributed by atoms with E-state index in [1.165, 1.54) is 24.7 Å². The van der Waals surface area contributed by atoms with E-state index in [1.807, 2.05) is 12.1 Å². The lowest BCUT2D eigenvalue weighted by Crippen LogP contribution is -2.33. The van der Waals surface area contributed by atoms with Gasteiger partial charge in [-0.25, -0.2) is 9.97 Å². The second kappa shape index (κ2) is 8.65. The number of hydrogen-bond donors (Lipinski definition) is 2. The Bertz CT molecular complexity index is 704. The molecule has 0 spiro atoms. The molecule has 1 saturated carbocycles. The van der Waals surface area contributed by atoms with E-state index >= 15 is 0 Å². The third-order valence-corrected chi connectivity index (χ3v) is 4.84. The van der Waals surface area contributed by atoms with Crippen molar-refractivity contribution in [2.75, 3.05) is 23.3 Å². The third kappa shape index (κ3) is 4.50. The van der Waals surface area contributed by atoms with Crippen LogP contribution in [0.15, 0.2) is 36.7 Å². The topological polar surface area (TPSA) is 70.2 Å². The lowest BCUT2D eigenvalue weighted by molar-refractivity contribution is 0.0932. The number of anilines is 3. The fourth-order valence-corrected chi connectivity index (χ4v) is 3.33. The summed E-state index contributed by atoms with van der Waals surface area (Å²) in [5.41, 5.74) is 2.50. The lowest BCUT2D eigenvalue weighted by atomic mass is 10.2. The molecule has 2 N–H and O–H groups in total. The van der Waals surface area contributed by atoms with Crippen LogP contribution in [-0.4, -0.2) is 35.0 Å². The first kappa shape index (κ1) is 18.2. The van der Waals surface area contributed by atoms with E-state index in [4.69, 9.17) is 0 Å². The van der Waals surface area contributed by atoms with Gasteiger partial charge in [-0.05, 0) is 51.0 Å². The van der Waals surface area contributed by atoms with Crippen molar-refractivity contribution < 1.29 is 4.79 Å². The number of hydrogen-bond acceptors (Lipinski definition) is 5. The standard InChI is InChI=1S/C20H27N5O/c1-3-25(4-2)17-11-9-16(10-12-17)23-19-14-21-18(13-22-19)20(26)24-15-7-5-6-8-15/h9-15H,3-8H2,1-2H3,(H,22,23)(H,24,26). The Morgan fingerprint density at radius 3 is 2.35 bits per heavy atom. The molecule has 1 aromatic heterocycles. The second-order valence-electron chi connectivity index (χ2n) is 6.59. The minimum atomic E-state index is -0.139. The van der Waals surface area contributed by atoms with Crippen LogP contribution in [0.2, 0.25) is 0 Å². The van der Waals surface area contributed by atoms with Crippen LogP contribution in [0.1, 0.15) is 50.0 Å². The third-order valence-electron chi connectivity index (χ3n) is 4.84. The zero-order valence-electron chi connectivity index (χ0n) is 15.5. The molecule has 0 saturated heterocycles. The number of amides is 1. The van der Waals surface area contributed by atoms with Crippen LogP contribution in [0.25, 0.3) is 0 Å². The molecule has 6 heteroatoms. The van der Waals surface area contributed by atoms with E-state index in [0.29, 0.717) is 11.5 Å². The number of carbonyl (C=O) groups is 1. The SMILES string of the molecule is CCN(CC)c1ccc(Nc2cnc(C(=O)NC3CCCC3)cn2)cc1. The normalized spacial score (nSPS) is 14.2. The van der Waals surface area contributed by atoms with Gasteiger partial charge in [0, 0.05) is 30.5 Å². The summed E-state index contributed by atoms with van der Waals surface area (Å²) in [6, 6.07) is 8.51. The predicted molar refractivity (Wildman–Crippen MR) is 105 cm³/mol. The number of nitrogens with one attached hydrogen (secondary N) is 2. The van der Waals surface area contributed by atoms with Crippen LogP contribution >= 0.6 is 0 Å². The molecular weight excluding hydrogens is 326 g/mol. The molecule has 0 unspecified atom stereocenters. The Kier molecular flexibility index (Phi) is 6.04. The minimum Gasteiger partial charge on any atom is -0.372 e. The minimum absolute atomic E-state index is 0.139. The molecule has 1 aromatic carbocycles. The molecule has 0 atom stereocenters. The molecule has 1 aliphatic carbocycles. The van der Waals surface area contributed by atoms with Crippen LogP contribution in [0.5, 0.6) is 0 Å². The summed E-state index contributed by atoms with van der Waals surface area (Å²) < 4.78 is 0. The maximum atomic E-state index is 12.2. The summed E-state index contributed by atoms with van der Waals surface area (Å²) in [5.74, 6) is 0.484. The van der Waals surface area contributed by atoms with E-state index in [9.17, 15) is 4.79 Å². The van der Waals surface area contributed by atoms with E-state index in [2.05, 4.69) is 51.5 Å². The van der Waals surface area contributed by atoms with E-state index < -0.39 is 0 Å². The Labute approximate surface area is 155 Å². The highest BCUT2D eigenvalue weighted by Gasteiger charge is 2.18. The summed E-state index contributed by atoms with van der Waals surface area (Å²) in [5, 5.41) is 6.25. The molecule has 1 heterocycles. The Hall–Kier alpha value is -2.63. The molecule has 138 valence electrons. The van der Waals surface area contributed by atoms with Crippen LogP contribution in [0.4, 0.5) is 17.2 Å². The van der Waals surface area contributed by atoms with Gasteiger partial charge in [-0.1, -0.05) is 12.8 Å². The van der Waals surface area contributed by atoms with Gasteiger partial charge in [0.2, 0.25) is 0 Å². The van der Waals surface area contributed by atoms with Crippen molar-refractivity contribution in [1.29, 1.82) is 0 Å². The molecule has 2 aromatic rings. The number of nitrogens with zero attached hydrogens (tertiary/aromatic N) is 3. The average molecular weight is 353 g/mol. The number of rotatable bonds is 7. The summed E-state index contributed by atoms with van der Waals surface area (Å²) in [4.78, 5) is 23.0. The monoisotopic (exact) mass is 353 g/mol. The molecule has 1 amide bonds. The van der Waals surface area contributed by atoms with Crippen LogP contribution in [-0.2, 0) is 0 Å². The van der Waals surface area contributed by atoms with Crippen molar-refractivity contribution >= 4 is 23.1 Å². The van der Waals surface area contributed by atoms with Crippen molar-refractivity contribution in [3.8, 4) is 0 Å². The van der Waals surface area contributed by atoms with Crippen LogP contribution in [0.3, 0.4) is 0 Å². The molecule has 0 aliphatic heterocycles. The van der Waals surface area contributed by atoms with Crippen molar-refractivity contribution in [3.05, 3.63) is 42.4 Å². The van der Waals surface area contributed by atoms with Gasteiger partial charge in [-0.15, -0.1) is 0 Å². The van der Waals surface area contributed by atoms with Gasteiger partial charge in [0.1, 0.15) is 11.5 Å². The van der Waals surface area contributed by atoms with Crippen molar-refractivity contribution in [2.45, 2.75) is 45.6 Å². The fourth-order valence-electron chi connectivity index (χ4n) is 3.33. The van der Waals surface area contributed by atoms with Crippen molar-refractivity contribution in [2.24, 2.45) is 0 Å². The van der Waals surface area contributed by atoms with Gasteiger partial charge in [0.15, 0.2) is 0 Å². The van der Waals surface area contributed by atoms with E-state index in [0.717, 1.165) is 31.6 Å². The summed E-state index contributed by atoms with van der Waals surface area (Å²) >= 11 is 0. The van der Waals surface area contributed by atoms with Gasteiger partial charge in [0.05, 0.1) is 12.4 Å². The highest BCUT2D eigenvalue weighted by Crippen LogP contribution is 2.20. The van der Waals surface area contributed by atoms with Crippen molar-refractivity contribution in [3.63, 3.8) is 0 Å². The predicted octanol–water partition coefficient (Wildman–Crippen LogP) is 3.74. The smallest absolute Gasteiger partial charge is 0.271 e. The summed E-state index contributed by atoms with van der Waals surface area (Å²) in [6.45, 7) is 6.27. The lowest BCUT2D eigenvalue weighted by Gasteiger charge is -2.21. The van der Waals surface area contributed by atoms with Crippen molar-refractivity contribution in [1.82, 2.24) is 15.3 Å². The largest absolute Gasteiger partial charge is 0.372 e. The quantitative estimate of drug-likeness (QED) is 0.793. The maximum Gasteiger partial charge on any atom is 0.271 e. The average Bonchev–Trinajstić information content (AvgIpc) is 3.18. The maximum absolute atomic E-state index is 12.2. The number of aromatic nitrogens is 2. The van der Waals surface area contributed by atoms with Crippen LogP contribution in [0, 0.1) is 0 Å². The molecule has 0 radical (unpaired) electrons. The van der Waals surface area contributed by atoms with Gasteiger partial charge >= 0.3 is 0 Å². The van der Waals surface area contributed by atoms with Crippen LogP contribution < -0.4 is 15.5 Å². The number of benzene rings is 1. The fraction of sp³-hybridized carbons (Fsp3) is 0.450. The zero-order valence-corrected chi connectivity index (χ0v) is 15.5. The molecule has 6 nitrogen and oxygen atoms in total. The highest BCUT2D eigenvalue weighted by atomic mass is 16.1. The Morgan fingerprint density at radius 1 is 1.08 bits per heavy atom. The molecule has 26 heavy (non-hydrogen) atoms. The summed E-state index contributed by atoms with van der Waals surface area (Å²) in [6.07, 6.45) is 7.61. The number of carbonyl (C=O) groups excluding carboxylic acids is 1. The van der Waals surface area contributed by atoms with Gasteiger partial charge in [-0.2, -0.15) is 0 Å². The molecule has 1 aliphatic rings. The molecule has 1 fully saturated rings. The Morgan fingerprint density at radius 2 is 1.77 bits per heavy atom. The first-order valence-corrected chi connectivity index (χ1v) is 9.44. The first-order chi connectivity index (χ1) is 12.7. The molecule has 3 rings (SSSR count). The highest BCUT2D eigenvalue weighted by molar-refractivity contribution is 5.92. The van der Waals surface area contributed by atoms with Gasteiger partial charge in [-0.3, -0.25) is 4.79 Å². The Balaban J connectivity index is 1.59. The zero-order chi connectivity index (χ0) is 18.4.